The highest BCUT2D eigenvalue weighted by Gasteiger charge is 2.06. The van der Waals surface area contributed by atoms with Crippen molar-refractivity contribution >= 4 is 15.7 Å². The van der Waals surface area contributed by atoms with Gasteiger partial charge in [-0.2, -0.15) is 0 Å². The van der Waals surface area contributed by atoms with Crippen molar-refractivity contribution in [1.82, 2.24) is 0 Å². The van der Waals surface area contributed by atoms with Crippen molar-refractivity contribution in [2.45, 2.75) is 18.4 Å². The molecule has 22 heavy (non-hydrogen) atoms. The maximum atomic E-state index is 13.1. The van der Waals surface area contributed by atoms with Crippen molar-refractivity contribution in [3.8, 4) is 0 Å². The number of halogens is 2. The summed E-state index contributed by atoms with van der Waals surface area (Å²) in [6.45, 7) is 3.72. The van der Waals surface area contributed by atoms with Crippen LogP contribution in [0.4, 0.5) is 14.5 Å². The van der Waals surface area contributed by atoms with Crippen LogP contribution in [0, 0.1) is 11.6 Å². The Balaban J connectivity index is 2.17. The molecule has 2 N–H and O–H groups in total. The minimum atomic E-state index is -3.95. The molecule has 0 fully saturated rings. The Morgan fingerprint density at radius 3 is 2.32 bits per heavy atom. The van der Waals surface area contributed by atoms with Gasteiger partial charge in [0.15, 0.2) is 11.6 Å². The lowest BCUT2D eigenvalue weighted by Gasteiger charge is -2.22. The molecule has 0 saturated heterocycles. The van der Waals surface area contributed by atoms with E-state index in [1.807, 2.05) is 6.92 Å². The Morgan fingerprint density at radius 2 is 1.73 bits per heavy atom. The van der Waals surface area contributed by atoms with Crippen LogP contribution in [-0.4, -0.2) is 15.0 Å². The number of nitrogens with two attached hydrogens (primary N) is 1. The largest absolute Gasteiger partial charge is 0.573 e. The first-order chi connectivity index (χ1) is 10.4. The van der Waals surface area contributed by atoms with Crippen LogP contribution in [-0.2, 0) is 16.6 Å². The van der Waals surface area contributed by atoms with Crippen LogP contribution in [0.3, 0.4) is 0 Å². The van der Waals surface area contributed by atoms with Crippen molar-refractivity contribution in [3.63, 3.8) is 0 Å². The van der Waals surface area contributed by atoms with E-state index in [-0.39, 0.29) is 10.6 Å². The third-order valence-corrected chi connectivity index (χ3v) is 4.34. The van der Waals surface area contributed by atoms with E-state index in [1.165, 1.54) is 12.1 Å². The summed E-state index contributed by atoms with van der Waals surface area (Å²) < 4.78 is 53.7. The molecule has 0 aliphatic heterocycles. The van der Waals surface area contributed by atoms with Gasteiger partial charge < -0.3 is 10.0 Å². The molecule has 4 nitrogen and oxygen atoms in total. The number of hydrogen-bond donors (Lipinski definition) is 1. The van der Waals surface area contributed by atoms with Gasteiger partial charge >= 0.3 is 0 Å². The van der Waals surface area contributed by atoms with Gasteiger partial charge in [0.25, 0.3) is 0 Å². The van der Waals surface area contributed by atoms with E-state index < -0.39 is 21.7 Å². The summed E-state index contributed by atoms with van der Waals surface area (Å²) >= 11 is 0. The Hall–Kier alpha value is -1.99. The highest BCUT2D eigenvalue weighted by molar-refractivity contribution is 7.94. The van der Waals surface area contributed by atoms with E-state index in [0.29, 0.717) is 0 Å². The van der Waals surface area contributed by atoms with Crippen LogP contribution in [0.1, 0.15) is 12.5 Å². The smallest absolute Gasteiger partial charge is 0.158 e. The lowest BCUT2D eigenvalue weighted by atomic mass is 10.2. The van der Waals surface area contributed by atoms with Crippen molar-refractivity contribution < 1.29 is 22.5 Å². The number of quaternary nitrogens is 1. The summed E-state index contributed by atoms with van der Waals surface area (Å²) in [5, 5.41) is 2.08. The first kappa shape index (κ1) is 16.4. The van der Waals surface area contributed by atoms with Crippen LogP contribution in [0.2, 0.25) is 0 Å². The fourth-order valence-corrected chi connectivity index (χ4v) is 2.82. The number of benzene rings is 2. The van der Waals surface area contributed by atoms with Crippen LogP contribution in [0.15, 0.2) is 47.4 Å². The third kappa shape index (κ3) is 4.02. The second kappa shape index (κ2) is 6.85. The average Bonchev–Trinajstić information content (AvgIpc) is 2.49. The van der Waals surface area contributed by atoms with Crippen LogP contribution < -0.4 is 5.32 Å². The molecule has 0 aromatic heterocycles. The molecule has 7 heteroatoms. The summed E-state index contributed by atoms with van der Waals surface area (Å²) in [5.74, 6) is -2.19. The van der Waals surface area contributed by atoms with E-state index in [9.17, 15) is 17.2 Å². The molecule has 0 spiro atoms. The van der Waals surface area contributed by atoms with Crippen molar-refractivity contribution in [1.29, 1.82) is 0 Å². The molecule has 2 aromatic carbocycles. The maximum absolute atomic E-state index is 13.1. The molecule has 0 heterocycles. The van der Waals surface area contributed by atoms with Gasteiger partial charge in [-0.05, 0) is 31.2 Å². The fraction of sp³-hybridized carbons (Fsp3) is 0.200. The molecule has 118 valence electrons. The first-order valence-electron chi connectivity index (χ1n) is 6.76. The van der Waals surface area contributed by atoms with Crippen molar-refractivity contribution in [3.05, 3.63) is 64.4 Å². The van der Waals surface area contributed by atoms with Gasteiger partial charge in [-0.25, -0.2) is 17.2 Å². The normalized spacial score (nSPS) is 11.4. The molecule has 0 saturated carbocycles. The number of hydrogen-bond acceptors (Lipinski definition) is 2. The second-order valence-electron chi connectivity index (χ2n) is 4.71. The van der Waals surface area contributed by atoms with Gasteiger partial charge in [0, 0.05) is 5.56 Å². The van der Waals surface area contributed by atoms with Crippen LogP contribution >= 0.6 is 0 Å². The third-order valence-electron chi connectivity index (χ3n) is 3.02. The number of rotatable bonds is 6. The lowest BCUT2D eigenvalue weighted by molar-refractivity contribution is -0.667. The molecule has 0 atom stereocenters. The van der Waals surface area contributed by atoms with Gasteiger partial charge in [-0.15, -0.1) is 5.69 Å². The second-order valence-corrected chi connectivity index (χ2v) is 6.31. The van der Waals surface area contributed by atoms with Gasteiger partial charge in [-0.1, -0.05) is 18.2 Å². The van der Waals surface area contributed by atoms with E-state index in [1.54, 1.807) is 12.1 Å². The summed E-state index contributed by atoms with van der Waals surface area (Å²) in [6.07, 6.45) is 0. The monoisotopic (exact) mass is 326 g/mol. The Bertz CT molecular complexity index is 747. The zero-order chi connectivity index (χ0) is 16.2. The van der Waals surface area contributed by atoms with Crippen LogP contribution in [0.25, 0.3) is 4.72 Å². The zero-order valence-electron chi connectivity index (χ0n) is 12.0. The topological polar surface area (TPSA) is 64.8 Å². The number of nitrogens with zero attached hydrogens (tertiary/aromatic N) is 1. The zero-order valence-corrected chi connectivity index (χ0v) is 12.8. The van der Waals surface area contributed by atoms with E-state index in [2.05, 4.69) is 10.0 Å². The molecular weight excluding hydrogens is 310 g/mol. The highest BCUT2D eigenvalue weighted by atomic mass is 32.2. The maximum Gasteiger partial charge on any atom is 0.158 e. The molecule has 0 radical (unpaired) electrons. The Labute approximate surface area is 128 Å². The molecule has 2 aromatic rings. The molecule has 0 aliphatic rings. The molecular formula is C15H16F2N2O2S. The quantitative estimate of drug-likeness (QED) is 0.886. The Kier molecular flexibility index (Phi) is 5.10. The molecule has 0 bridgehead atoms. The SMILES string of the molecule is CC[NH2+]Cc1ccc(S(=O)(=O)[N-]c2ccc(F)c(F)c2)cc1. The molecule has 0 aliphatic carbocycles. The molecule has 0 amide bonds. The highest BCUT2D eigenvalue weighted by Crippen LogP contribution is 2.28. The Morgan fingerprint density at radius 1 is 1.05 bits per heavy atom. The van der Waals surface area contributed by atoms with Crippen molar-refractivity contribution in [2.75, 3.05) is 6.54 Å². The summed E-state index contributed by atoms with van der Waals surface area (Å²) in [5.41, 5.74) is 0.843. The summed E-state index contributed by atoms with van der Waals surface area (Å²) in [6, 6.07) is 9.03. The standard InChI is InChI=1S/C15H15F2N2O2S/c1-2-18-10-11-3-6-13(7-4-11)22(20,21)19-12-5-8-14(16)15(17)9-12/h3-9,18H,2,10H2,1H3/q-1/p+1. The van der Waals surface area contributed by atoms with E-state index >= 15 is 0 Å². The average molecular weight is 326 g/mol. The number of sulfonamides is 1. The minimum Gasteiger partial charge on any atom is -0.573 e. The van der Waals surface area contributed by atoms with Crippen LogP contribution in [0.5, 0.6) is 0 Å². The van der Waals surface area contributed by atoms with Gasteiger partial charge in [0.1, 0.15) is 16.6 Å². The van der Waals surface area contributed by atoms with E-state index in [0.717, 1.165) is 36.9 Å². The van der Waals surface area contributed by atoms with Gasteiger partial charge in [0.2, 0.25) is 0 Å². The van der Waals surface area contributed by atoms with Crippen molar-refractivity contribution in [2.24, 2.45) is 0 Å². The summed E-state index contributed by atoms with van der Waals surface area (Å²) in [4.78, 5) is 0.0116. The fourth-order valence-electron chi connectivity index (χ4n) is 1.84. The first-order valence-corrected chi connectivity index (χ1v) is 8.20. The predicted molar refractivity (Wildman–Crippen MR) is 79.2 cm³/mol. The summed E-state index contributed by atoms with van der Waals surface area (Å²) in [7, 11) is -3.95. The van der Waals surface area contributed by atoms with Gasteiger partial charge in [0.05, 0.1) is 11.4 Å². The lowest BCUT2D eigenvalue weighted by Crippen LogP contribution is -2.81. The molecule has 0 unspecified atom stereocenters. The predicted octanol–water partition coefficient (Wildman–Crippen LogP) is 2.44. The molecule has 2 rings (SSSR count). The van der Waals surface area contributed by atoms with E-state index in [4.69, 9.17) is 0 Å². The van der Waals surface area contributed by atoms with Gasteiger partial charge in [-0.3, -0.25) is 0 Å². The minimum absolute atomic E-state index is 0.0116.